The largest absolute Gasteiger partial charge is 0.394 e. The highest BCUT2D eigenvalue weighted by Gasteiger charge is 2.24. The zero-order valence-electron chi connectivity index (χ0n) is 23.2. The molecular formula is C29H37N7O3. The Balaban J connectivity index is 1.67. The lowest BCUT2D eigenvalue weighted by Crippen LogP contribution is -2.38. The van der Waals surface area contributed by atoms with Gasteiger partial charge in [-0.1, -0.05) is 6.07 Å². The van der Waals surface area contributed by atoms with E-state index < -0.39 is 17.2 Å². The lowest BCUT2D eigenvalue weighted by molar-refractivity contribution is 0.122. The maximum atomic E-state index is 11.0. The average molecular weight is 532 g/mol. The lowest BCUT2D eigenvalue weighted by atomic mass is 9.90. The summed E-state index contributed by atoms with van der Waals surface area (Å²) in [5.41, 5.74) is 3.15. The van der Waals surface area contributed by atoms with Crippen LogP contribution >= 0.6 is 0 Å². The summed E-state index contributed by atoms with van der Waals surface area (Å²) >= 11 is 0. The van der Waals surface area contributed by atoms with Crippen molar-refractivity contribution >= 4 is 17.5 Å². The van der Waals surface area contributed by atoms with Gasteiger partial charge in [-0.2, -0.15) is 10.2 Å². The Morgan fingerprint density at radius 3 is 2.54 bits per heavy atom. The summed E-state index contributed by atoms with van der Waals surface area (Å²) in [6.07, 6.45) is 0.597. The van der Waals surface area contributed by atoms with Crippen molar-refractivity contribution in [2.24, 2.45) is 0 Å². The number of nitriles is 1. The number of hydrogen-bond acceptors (Lipinski definition) is 10. The number of pyridine rings is 1. The van der Waals surface area contributed by atoms with Gasteiger partial charge in [-0.05, 0) is 64.4 Å². The summed E-state index contributed by atoms with van der Waals surface area (Å²) in [4.78, 5) is 16.0. The SMILES string of the molecule is Cc1ccc(NC(O)c2ccnc(C(C)(C)C#N)c2)cc1-c1cc(N2CCOCC2)nc(NC(C)(C)CO)n1. The van der Waals surface area contributed by atoms with Crippen molar-refractivity contribution in [3.8, 4) is 17.3 Å². The van der Waals surface area contributed by atoms with E-state index in [1.807, 2.05) is 45.0 Å². The van der Waals surface area contributed by atoms with Crippen LogP contribution < -0.4 is 15.5 Å². The van der Waals surface area contributed by atoms with Crippen LogP contribution in [0, 0.1) is 18.3 Å². The number of hydrogen-bond donors (Lipinski definition) is 4. The van der Waals surface area contributed by atoms with Gasteiger partial charge in [-0.3, -0.25) is 4.98 Å². The first-order chi connectivity index (χ1) is 18.5. The molecule has 4 rings (SSSR count). The number of aliphatic hydroxyl groups is 2. The first-order valence-corrected chi connectivity index (χ1v) is 13.1. The predicted octanol–water partition coefficient (Wildman–Crippen LogP) is 3.77. The Labute approximate surface area is 229 Å². The highest BCUT2D eigenvalue weighted by molar-refractivity contribution is 5.72. The summed E-state index contributed by atoms with van der Waals surface area (Å²) in [5, 5.41) is 36.7. The second-order valence-corrected chi connectivity index (χ2v) is 11.0. The van der Waals surface area contributed by atoms with Crippen LogP contribution in [0.3, 0.4) is 0 Å². The summed E-state index contributed by atoms with van der Waals surface area (Å²) in [6.45, 7) is 12.0. The Kier molecular flexibility index (Phi) is 8.35. The molecule has 4 N–H and O–H groups in total. The number of nitrogens with one attached hydrogen (secondary N) is 2. The standard InChI is InChI=1S/C29H37N7O3/c1-19-6-7-21(32-26(38)20-8-9-31-24(14-20)28(2,3)17-30)15-22(19)23-16-25(36-10-12-39-13-11-36)34-27(33-23)35-29(4,5)18-37/h6-9,14-16,26,32,37-38H,10-13,18H2,1-5H3,(H,33,34,35). The van der Waals surface area contributed by atoms with E-state index >= 15 is 0 Å². The third-order valence-corrected chi connectivity index (χ3v) is 6.73. The fourth-order valence-corrected chi connectivity index (χ4v) is 4.17. The quantitative estimate of drug-likeness (QED) is 0.302. The normalized spacial score (nSPS) is 15.0. The Morgan fingerprint density at radius 2 is 1.85 bits per heavy atom. The van der Waals surface area contributed by atoms with E-state index in [1.165, 1.54) is 0 Å². The minimum Gasteiger partial charge on any atom is -0.394 e. The predicted molar refractivity (Wildman–Crippen MR) is 151 cm³/mol. The molecule has 10 nitrogen and oxygen atoms in total. The van der Waals surface area contributed by atoms with Crippen LogP contribution in [0.25, 0.3) is 11.3 Å². The maximum absolute atomic E-state index is 11.0. The van der Waals surface area contributed by atoms with Crippen molar-refractivity contribution in [2.75, 3.05) is 48.4 Å². The minimum absolute atomic E-state index is 0.0773. The highest BCUT2D eigenvalue weighted by atomic mass is 16.5. The molecule has 0 aliphatic carbocycles. The molecule has 206 valence electrons. The number of aryl methyl sites for hydroxylation is 1. The van der Waals surface area contributed by atoms with Crippen LogP contribution in [0.5, 0.6) is 0 Å². The fraction of sp³-hybridized carbons (Fsp3) is 0.448. The van der Waals surface area contributed by atoms with Gasteiger partial charge < -0.3 is 30.5 Å². The first-order valence-electron chi connectivity index (χ1n) is 13.1. The van der Waals surface area contributed by atoms with Crippen LogP contribution in [-0.4, -0.2) is 63.6 Å². The Morgan fingerprint density at radius 1 is 1.10 bits per heavy atom. The van der Waals surface area contributed by atoms with Crippen molar-refractivity contribution in [3.63, 3.8) is 0 Å². The number of rotatable bonds is 9. The molecule has 1 aliphatic rings. The van der Waals surface area contributed by atoms with E-state index in [9.17, 15) is 15.5 Å². The van der Waals surface area contributed by atoms with Crippen LogP contribution in [0.1, 0.15) is 50.7 Å². The fourth-order valence-electron chi connectivity index (χ4n) is 4.17. The molecule has 1 fully saturated rings. The minimum atomic E-state index is -1.01. The highest BCUT2D eigenvalue weighted by Crippen LogP contribution is 2.31. The van der Waals surface area contributed by atoms with Crippen LogP contribution in [0.4, 0.5) is 17.5 Å². The molecular weight excluding hydrogens is 494 g/mol. The number of anilines is 3. The number of aliphatic hydroxyl groups excluding tert-OH is 2. The van der Waals surface area contributed by atoms with Gasteiger partial charge in [0.05, 0.1) is 48.2 Å². The van der Waals surface area contributed by atoms with Gasteiger partial charge >= 0.3 is 0 Å². The van der Waals surface area contributed by atoms with E-state index in [0.29, 0.717) is 36.1 Å². The van der Waals surface area contributed by atoms with E-state index in [1.54, 1.807) is 32.2 Å². The summed E-state index contributed by atoms with van der Waals surface area (Å²) in [5.74, 6) is 1.21. The van der Waals surface area contributed by atoms with Gasteiger partial charge in [0.1, 0.15) is 5.82 Å². The number of ether oxygens (including phenoxy) is 1. The summed E-state index contributed by atoms with van der Waals surface area (Å²) in [7, 11) is 0. The molecule has 0 saturated carbocycles. The topological polar surface area (TPSA) is 139 Å². The molecule has 39 heavy (non-hydrogen) atoms. The van der Waals surface area contributed by atoms with Gasteiger partial charge in [-0.15, -0.1) is 0 Å². The molecule has 3 heterocycles. The van der Waals surface area contributed by atoms with E-state index in [4.69, 9.17) is 14.7 Å². The first kappa shape index (κ1) is 28.2. The number of aromatic nitrogens is 3. The maximum Gasteiger partial charge on any atom is 0.225 e. The molecule has 0 radical (unpaired) electrons. The second-order valence-electron chi connectivity index (χ2n) is 11.0. The van der Waals surface area contributed by atoms with Crippen LogP contribution in [-0.2, 0) is 10.2 Å². The van der Waals surface area contributed by atoms with Crippen molar-refractivity contribution in [3.05, 3.63) is 59.4 Å². The monoisotopic (exact) mass is 531 g/mol. The van der Waals surface area contributed by atoms with Crippen LogP contribution in [0.15, 0.2) is 42.6 Å². The van der Waals surface area contributed by atoms with Gasteiger partial charge in [0, 0.05) is 42.2 Å². The molecule has 0 amide bonds. The van der Waals surface area contributed by atoms with Crippen molar-refractivity contribution in [2.45, 2.75) is 51.8 Å². The van der Waals surface area contributed by atoms with Crippen molar-refractivity contribution in [1.29, 1.82) is 5.26 Å². The number of morpholine rings is 1. The van der Waals surface area contributed by atoms with E-state index in [0.717, 1.165) is 35.7 Å². The molecule has 10 heteroatoms. The van der Waals surface area contributed by atoms with Crippen LogP contribution in [0.2, 0.25) is 0 Å². The lowest BCUT2D eigenvalue weighted by Gasteiger charge is -2.29. The molecule has 1 unspecified atom stereocenters. The van der Waals surface area contributed by atoms with Gasteiger partial charge in [0.25, 0.3) is 0 Å². The van der Waals surface area contributed by atoms with Crippen molar-refractivity contribution < 1.29 is 14.9 Å². The molecule has 3 aromatic rings. The van der Waals surface area contributed by atoms with Gasteiger partial charge in [0.15, 0.2) is 6.23 Å². The molecule has 2 aromatic heterocycles. The molecule has 1 aromatic carbocycles. The number of benzene rings is 1. The molecule has 0 bridgehead atoms. The van der Waals surface area contributed by atoms with Gasteiger partial charge in [0.2, 0.25) is 5.95 Å². The molecule has 1 aliphatic heterocycles. The third kappa shape index (κ3) is 6.81. The van der Waals surface area contributed by atoms with Crippen molar-refractivity contribution in [1.82, 2.24) is 15.0 Å². The third-order valence-electron chi connectivity index (χ3n) is 6.73. The number of nitrogens with zero attached hydrogens (tertiary/aromatic N) is 5. The zero-order chi connectivity index (χ0) is 28.2. The van der Waals surface area contributed by atoms with E-state index in [-0.39, 0.29) is 6.61 Å². The van der Waals surface area contributed by atoms with Gasteiger partial charge in [-0.25, -0.2) is 4.98 Å². The summed E-state index contributed by atoms with van der Waals surface area (Å²) < 4.78 is 5.52. The zero-order valence-corrected chi connectivity index (χ0v) is 23.2. The molecule has 0 spiro atoms. The Bertz CT molecular complexity index is 1350. The molecule has 1 atom stereocenters. The summed E-state index contributed by atoms with van der Waals surface area (Å²) in [6, 6.07) is 13.5. The molecule has 1 saturated heterocycles. The Hall–Kier alpha value is -3.78. The average Bonchev–Trinajstić information content (AvgIpc) is 2.94. The second kappa shape index (κ2) is 11.5. The van der Waals surface area contributed by atoms with E-state index in [2.05, 4.69) is 26.6 Å². The smallest absolute Gasteiger partial charge is 0.225 e.